The summed E-state index contributed by atoms with van der Waals surface area (Å²) in [4.78, 5) is 0. The minimum absolute atomic E-state index is 0.303. The molecular formula is C13H16BrNO2. The van der Waals surface area contributed by atoms with Gasteiger partial charge in [0.05, 0.1) is 4.47 Å². The van der Waals surface area contributed by atoms with Gasteiger partial charge in [-0.3, -0.25) is 0 Å². The molecule has 0 aromatic heterocycles. The van der Waals surface area contributed by atoms with Crippen LogP contribution in [0.2, 0.25) is 0 Å². The molecule has 0 saturated carbocycles. The Morgan fingerprint density at radius 3 is 3.12 bits per heavy atom. The van der Waals surface area contributed by atoms with E-state index in [4.69, 9.17) is 9.47 Å². The van der Waals surface area contributed by atoms with Crippen molar-refractivity contribution >= 4 is 15.9 Å². The average molecular weight is 298 g/mol. The largest absolute Gasteiger partial charge is 0.454 e. The third-order valence-electron chi connectivity index (χ3n) is 2.66. The highest BCUT2D eigenvalue weighted by Gasteiger charge is 2.17. The first-order valence-corrected chi connectivity index (χ1v) is 6.42. The predicted molar refractivity (Wildman–Crippen MR) is 71.4 cm³/mol. The lowest BCUT2D eigenvalue weighted by Gasteiger charge is -2.12. The Morgan fingerprint density at radius 1 is 1.53 bits per heavy atom. The van der Waals surface area contributed by atoms with Crippen molar-refractivity contribution in [3.8, 4) is 11.5 Å². The molecule has 92 valence electrons. The molecule has 1 atom stereocenters. The summed E-state index contributed by atoms with van der Waals surface area (Å²) in [6.07, 6.45) is 2.89. The van der Waals surface area contributed by atoms with Crippen LogP contribution in [0.5, 0.6) is 11.5 Å². The maximum Gasteiger partial charge on any atom is 0.231 e. The fraction of sp³-hybridized carbons (Fsp3) is 0.385. The SMILES string of the molecule is C=CCC(C)NCc1cc(Br)c2c(c1)OCO2. The molecule has 0 spiro atoms. The molecule has 2 rings (SSSR count). The first-order chi connectivity index (χ1) is 8.20. The summed E-state index contributed by atoms with van der Waals surface area (Å²) in [6, 6.07) is 4.50. The van der Waals surface area contributed by atoms with Crippen molar-refractivity contribution in [2.75, 3.05) is 6.79 Å². The monoisotopic (exact) mass is 297 g/mol. The molecule has 0 saturated heterocycles. The van der Waals surface area contributed by atoms with Gasteiger partial charge >= 0.3 is 0 Å². The van der Waals surface area contributed by atoms with E-state index in [0.29, 0.717) is 12.8 Å². The fourth-order valence-electron chi connectivity index (χ4n) is 1.75. The van der Waals surface area contributed by atoms with Crippen molar-refractivity contribution in [1.82, 2.24) is 5.32 Å². The standard InChI is InChI=1S/C13H16BrNO2/c1-3-4-9(2)15-7-10-5-11(14)13-12(6-10)16-8-17-13/h3,5-6,9,15H,1,4,7-8H2,2H3. The molecule has 1 N–H and O–H groups in total. The lowest BCUT2D eigenvalue weighted by atomic mass is 10.1. The summed E-state index contributed by atoms with van der Waals surface area (Å²) >= 11 is 3.49. The van der Waals surface area contributed by atoms with Crippen molar-refractivity contribution in [3.05, 3.63) is 34.8 Å². The highest BCUT2D eigenvalue weighted by Crippen LogP contribution is 2.39. The zero-order valence-electron chi connectivity index (χ0n) is 9.83. The lowest BCUT2D eigenvalue weighted by molar-refractivity contribution is 0.173. The number of hydrogen-bond donors (Lipinski definition) is 1. The van der Waals surface area contributed by atoms with E-state index in [1.165, 1.54) is 5.56 Å². The van der Waals surface area contributed by atoms with Crippen LogP contribution in [0.25, 0.3) is 0 Å². The van der Waals surface area contributed by atoms with Gasteiger partial charge in [-0.25, -0.2) is 0 Å². The second-order valence-corrected chi connectivity index (χ2v) is 4.97. The van der Waals surface area contributed by atoms with E-state index in [1.807, 2.05) is 12.1 Å². The maximum atomic E-state index is 5.38. The molecule has 1 aromatic rings. The van der Waals surface area contributed by atoms with E-state index in [-0.39, 0.29) is 0 Å². The van der Waals surface area contributed by atoms with Gasteiger partial charge in [-0.1, -0.05) is 6.08 Å². The van der Waals surface area contributed by atoms with Crippen LogP contribution in [0.15, 0.2) is 29.3 Å². The zero-order chi connectivity index (χ0) is 12.3. The molecule has 1 aliphatic heterocycles. The Hall–Kier alpha value is -1.00. The lowest BCUT2D eigenvalue weighted by Crippen LogP contribution is -2.24. The fourth-order valence-corrected chi connectivity index (χ4v) is 2.35. The highest BCUT2D eigenvalue weighted by atomic mass is 79.9. The predicted octanol–water partition coefficient (Wildman–Crippen LogP) is 3.23. The first-order valence-electron chi connectivity index (χ1n) is 5.63. The average Bonchev–Trinajstić information content (AvgIpc) is 2.75. The van der Waals surface area contributed by atoms with Crippen molar-refractivity contribution in [3.63, 3.8) is 0 Å². The molecule has 0 fully saturated rings. The van der Waals surface area contributed by atoms with E-state index in [0.717, 1.165) is 28.9 Å². The molecule has 0 radical (unpaired) electrons. The minimum atomic E-state index is 0.303. The van der Waals surface area contributed by atoms with Gasteiger partial charge in [0, 0.05) is 12.6 Å². The highest BCUT2D eigenvalue weighted by molar-refractivity contribution is 9.10. The molecule has 17 heavy (non-hydrogen) atoms. The molecule has 1 aromatic carbocycles. The van der Waals surface area contributed by atoms with Crippen LogP contribution < -0.4 is 14.8 Å². The molecule has 0 aliphatic carbocycles. The summed E-state index contributed by atoms with van der Waals surface area (Å²) in [6.45, 7) is 6.99. The Bertz CT molecular complexity index is 420. The van der Waals surface area contributed by atoms with E-state index in [1.54, 1.807) is 0 Å². The molecule has 1 unspecified atom stereocenters. The quantitative estimate of drug-likeness (QED) is 0.847. The van der Waals surface area contributed by atoms with Gasteiger partial charge in [0.15, 0.2) is 11.5 Å². The first kappa shape index (κ1) is 12.5. The van der Waals surface area contributed by atoms with Gasteiger partial charge in [-0.15, -0.1) is 6.58 Å². The summed E-state index contributed by atoms with van der Waals surface area (Å²) in [7, 11) is 0. The van der Waals surface area contributed by atoms with Crippen LogP contribution in [0.3, 0.4) is 0 Å². The van der Waals surface area contributed by atoms with E-state index in [9.17, 15) is 0 Å². The van der Waals surface area contributed by atoms with Gasteiger partial charge in [-0.2, -0.15) is 0 Å². The van der Waals surface area contributed by atoms with Gasteiger partial charge in [0.25, 0.3) is 0 Å². The van der Waals surface area contributed by atoms with E-state index < -0.39 is 0 Å². The summed E-state index contributed by atoms with van der Waals surface area (Å²) in [5.41, 5.74) is 1.18. The molecular weight excluding hydrogens is 282 g/mol. The number of rotatable bonds is 5. The van der Waals surface area contributed by atoms with Gasteiger partial charge in [0.1, 0.15) is 0 Å². The van der Waals surface area contributed by atoms with Gasteiger partial charge < -0.3 is 14.8 Å². The third-order valence-corrected chi connectivity index (χ3v) is 3.25. The van der Waals surface area contributed by atoms with Crippen molar-refractivity contribution < 1.29 is 9.47 Å². The Morgan fingerprint density at radius 2 is 2.35 bits per heavy atom. The number of hydrogen-bond acceptors (Lipinski definition) is 3. The molecule has 0 bridgehead atoms. The molecule has 0 amide bonds. The second-order valence-electron chi connectivity index (χ2n) is 4.12. The zero-order valence-corrected chi connectivity index (χ0v) is 11.4. The van der Waals surface area contributed by atoms with E-state index >= 15 is 0 Å². The number of halogens is 1. The Balaban J connectivity index is 2.02. The number of nitrogens with one attached hydrogen (secondary N) is 1. The molecule has 1 aliphatic rings. The minimum Gasteiger partial charge on any atom is -0.454 e. The maximum absolute atomic E-state index is 5.38. The van der Waals surface area contributed by atoms with Gasteiger partial charge in [-0.05, 0) is 47.0 Å². The molecule has 1 heterocycles. The van der Waals surface area contributed by atoms with Crippen LogP contribution in [-0.4, -0.2) is 12.8 Å². The van der Waals surface area contributed by atoms with Crippen molar-refractivity contribution in [2.24, 2.45) is 0 Å². The Kier molecular flexibility index (Phi) is 4.07. The third kappa shape index (κ3) is 3.01. The molecule has 4 heteroatoms. The topological polar surface area (TPSA) is 30.5 Å². The Labute approximate surface area is 110 Å². The van der Waals surface area contributed by atoms with Crippen LogP contribution in [0.4, 0.5) is 0 Å². The van der Waals surface area contributed by atoms with E-state index in [2.05, 4.69) is 40.8 Å². The van der Waals surface area contributed by atoms with Crippen LogP contribution in [-0.2, 0) is 6.54 Å². The second kappa shape index (κ2) is 5.56. The van der Waals surface area contributed by atoms with Crippen LogP contribution in [0.1, 0.15) is 18.9 Å². The van der Waals surface area contributed by atoms with Crippen LogP contribution in [0, 0.1) is 0 Å². The van der Waals surface area contributed by atoms with Gasteiger partial charge in [0.2, 0.25) is 6.79 Å². The van der Waals surface area contributed by atoms with Crippen LogP contribution >= 0.6 is 15.9 Å². The normalized spacial score (nSPS) is 14.7. The number of ether oxygens (including phenoxy) is 2. The number of benzene rings is 1. The summed E-state index contributed by atoms with van der Waals surface area (Å²) in [5, 5.41) is 3.43. The van der Waals surface area contributed by atoms with Crippen molar-refractivity contribution in [2.45, 2.75) is 25.9 Å². The smallest absolute Gasteiger partial charge is 0.231 e. The molecule has 3 nitrogen and oxygen atoms in total. The summed E-state index contributed by atoms with van der Waals surface area (Å²) in [5.74, 6) is 1.61. The van der Waals surface area contributed by atoms with Crippen molar-refractivity contribution in [1.29, 1.82) is 0 Å². The number of fused-ring (bicyclic) bond motifs is 1. The summed E-state index contributed by atoms with van der Waals surface area (Å²) < 4.78 is 11.7.